The lowest BCUT2D eigenvalue weighted by Crippen LogP contribution is -2.39. The molecule has 0 bridgehead atoms. The number of fused-ring (bicyclic) bond motifs is 1. The first-order valence-electron chi connectivity index (χ1n) is 6.25. The molecule has 0 unspecified atom stereocenters. The molecule has 1 N–H and O–H groups in total. The van der Waals surface area contributed by atoms with Gasteiger partial charge in [0, 0.05) is 19.3 Å². The summed E-state index contributed by atoms with van der Waals surface area (Å²) in [5.41, 5.74) is 0.407. The second kappa shape index (κ2) is 6.19. The SMILES string of the molecule is COC[C@@H](C)NC(=O)CS(=O)(=O)c1nnc2ccccn12. The smallest absolute Gasteiger partial charge is 0.254 e. The molecular formula is C12H16N4O4S. The number of ether oxygens (including phenoxy) is 1. The summed E-state index contributed by atoms with van der Waals surface area (Å²) in [4.78, 5) is 11.8. The lowest BCUT2D eigenvalue weighted by Gasteiger charge is -2.12. The summed E-state index contributed by atoms with van der Waals surface area (Å²) in [6.07, 6.45) is 1.54. The van der Waals surface area contributed by atoms with Gasteiger partial charge < -0.3 is 10.1 Å². The van der Waals surface area contributed by atoms with Crippen molar-refractivity contribution in [2.24, 2.45) is 0 Å². The number of aromatic nitrogens is 3. The van der Waals surface area contributed by atoms with Gasteiger partial charge in [-0.05, 0) is 19.1 Å². The summed E-state index contributed by atoms with van der Waals surface area (Å²) in [7, 11) is -2.37. The summed E-state index contributed by atoms with van der Waals surface area (Å²) >= 11 is 0. The number of methoxy groups -OCH3 is 1. The average molecular weight is 312 g/mol. The molecule has 2 aromatic rings. The van der Waals surface area contributed by atoms with Gasteiger partial charge in [-0.25, -0.2) is 8.42 Å². The van der Waals surface area contributed by atoms with E-state index in [9.17, 15) is 13.2 Å². The zero-order valence-electron chi connectivity index (χ0n) is 11.7. The number of nitrogens with one attached hydrogen (secondary N) is 1. The Kier molecular flexibility index (Phi) is 4.53. The van der Waals surface area contributed by atoms with Gasteiger partial charge in [-0.3, -0.25) is 9.20 Å². The monoisotopic (exact) mass is 312 g/mol. The number of rotatable bonds is 6. The number of hydrogen-bond donors (Lipinski definition) is 1. The predicted molar refractivity (Wildman–Crippen MR) is 74.5 cm³/mol. The van der Waals surface area contributed by atoms with Gasteiger partial charge >= 0.3 is 0 Å². The van der Waals surface area contributed by atoms with Gasteiger partial charge in [-0.15, -0.1) is 10.2 Å². The molecule has 2 heterocycles. The quantitative estimate of drug-likeness (QED) is 0.782. The average Bonchev–Trinajstić information content (AvgIpc) is 2.82. The summed E-state index contributed by atoms with van der Waals surface area (Å²) in [5, 5.41) is 9.72. The van der Waals surface area contributed by atoms with Crippen molar-refractivity contribution in [3.8, 4) is 0 Å². The van der Waals surface area contributed by atoms with Crippen LogP contribution in [-0.2, 0) is 19.4 Å². The maximum Gasteiger partial charge on any atom is 0.254 e. The van der Waals surface area contributed by atoms with Crippen molar-refractivity contribution >= 4 is 21.4 Å². The molecule has 21 heavy (non-hydrogen) atoms. The second-order valence-corrected chi connectivity index (χ2v) is 6.48. The van der Waals surface area contributed by atoms with Crippen molar-refractivity contribution in [2.75, 3.05) is 19.5 Å². The standard InChI is InChI=1S/C12H16N4O4S/c1-9(7-20-2)13-11(17)8-21(18,19)12-15-14-10-5-3-4-6-16(10)12/h3-6,9H,7-8H2,1-2H3,(H,13,17)/t9-/m1/s1. The van der Waals surface area contributed by atoms with E-state index in [-0.39, 0.29) is 11.2 Å². The van der Waals surface area contributed by atoms with Crippen LogP contribution in [0, 0.1) is 0 Å². The third-order valence-corrected chi connectivity index (χ3v) is 4.18. The minimum atomic E-state index is -3.87. The molecule has 114 valence electrons. The Morgan fingerprint density at radius 1 is 1.43 bits per heavy atom. The van der Waals surface area contributed by atoms with Crippen LogP contribution in [0.5, 0.6) is 0 Å². The molecule has 0 saturated carbocycles. The fourth-order valence-corrected chi connectivity index (χ4v) is 3.05. The van der Waals surface area contributed by atoms with Crippen LogP contribution in [0.3, 0.4) is 0 Å². The molecule has 0 aromatic carbocycles. The third kappa shape index (κ3) is 3.56. The van der Waals surface area contributed by atoms with E-state index in [4.69, 9.17) is 4.74 Å². The first-order chi connectivity index (χ1) is 9.94. The molecule has 1 amide bonds. The van der Waals surface area contributed by atoms with Crippen LogP contribution in [0.15, 0.2) is 29.6 Å². The lowest BCUT2D eigenvalue weighted by molar-refractivity contribution is -0.119. The number of nitrogens with zero attached hydrogens (tertiary/aromatic N) is 3. The van der Waals surface area contributed by atoms with E-state index in [1.54, 1.807) is 25.1 Å². The van der Waals surface area contributed by atoms with E-state index in [0.717, 1.165) is 0 Å². The third-order valence-electron chi connectivity index (χ3n) is 2.71. The van der Waals surface area contributed by atoms with E-state index in [1.165, 1.54) is 17.7 Å². The molecule has 0 spiro atoms. The zero-order chi connectivity index (χ0) is 15.5. The predicted octanol–water partition coefficient (Wildman–Crippen LogP) is -0.346. The van der Waals surface area contributed by atoms with E-state index in [0.29, 0.717) is 12.3 Å². The van der Waals surface area contributed by atoms with Gasteiger partial charge in [0.05, 0.1) is 6.61 Å². The van der Waals surface area contributed by atoms with Crippen LogP contribution in [0.4, 0.5) is 0 Å². The number of carbonyl (C=O) groups excluding carboxylic acids is 1. The second-order valence-electron chi connectivity index (χ2n) is 4.59. The number of pyridine rings is 1. The van der Waals surface area contributed by atoms with Gasteiger partial charge in [0.25, 0.3) is 5.16 Å². The van der Waals surface area contributed by atoms with Gasteiger partial charge in [0.2, 0.25) is 15.7 Å². The highest BCUT2D eigenvalue weighted by Gasteiger charge is 2.25. The van der Waals surface area contributed by atoms with Crippen molar-refractivity contribution in [2.45, 2.75) is 18.1 Å². The number of hydrogen-bond acceptors (Lipinski definition) is 6. The Balaban J connectivity index is 2.17. The highest BCUT2D eigenvalue weighted by molar-refractivity contribution is 7.91. The number of amides is 1. The first kappa shape index (κ1) is 15.4. The van der Waals surface area contributed by atoms with E-state index < -0.39 is 21.5 Å². The van der Waals surface area contributed by atoms with E-state index >= 15 is 0 Å². The molecule has 0 aliphatic rings. The molecule has 0 saturated heterocycles. The fraction of sp³-hybridized carbons (Fsp3) is 0.417. The first-order valence-corrected chi connectivity index (χ1v) is 7.90. The van der Waals surface area contributed by atoms with Gasteiger partial charge in [0.15, 0.2) is 5.65 Å². The van der Waals surface area contributed by atoms with Crippen LogP contribution in [0.1, 0.15) is 6.92 Å². The van der Waals surface area contributed by atoms with Crippen LogP contribution >= 0.6 is 0 Å². The van der Waals surface area contributed by atoms with Gasteiger partial charge in [-0.2, -0.15) is 0 Å². The zero-order valence-corrected chi connectivity index (χ0v) is 12.5. The summed E-state index contributed by atoms with van der Waals surface area (Å²) < 4.78 is 30.7. The molecule has 2 aromatic heterocycles. The van der Waals surface area contributed by atoms with E-state index in [1.807, 2.05) is 0 Å². The molecule has 0 fully saturated rings. The Morgan fingerprint density at radius 2 is 2.19 bits per heavy atom. The summed E-state index contributed by atoms with van der Waals surface area (Å²) in [6, 6.07) is 4.75. The molecule has 0 aliphatic carbocycles. The molecule has 0 aliphatic heterocycles. The molecular weight excluding hydrogens is 296 g/mol. The van der Waals surface area contributed by atoms with Crippen molar-refractivity contribution in [3.05, 3.63) is 24.4 Å². The molecule has 8 nitrogen and oxygen atoms in total. The number of sulfone groups is 1. The molecule has 1 atom stereocenters. The Bertz CT molecular complexity index is 741. The molecule has 2 rings (SSSR count). The Morgan fingerprint density at radius 3 is 2.90 bits per heavy atom. The topological polar surface area (TPSA) is 103 Å². The van der Waals surface area contributed by atoms with E-state index in [2.05, 4.69) is 15.5 Å². The molecule has 9 heteroatoms. The van der Waals surface area contributed by atoms with Crippen LogP contribution in [0.2, 0.25) is 0 Å². The largest absolute Gasteiger partial charge is 0.383 e. The van der Waals surface area contributed by atoms with Crippen molar-refractivity contribution in [3.63, 3.8) is 0 Å². The summed E-state index contributed by atoms with van der Waals surface area (Å²) in [6.45, 7) is 2.03. The highest BCUT2D eigenvalue weighted by atomic mass is 32.2. The molecule has 0 radical (unpaired) electrons. The Hall–Kier alpha value is -2.00. The van der Waals surface area contributed by atoms with Gasteiger partial charge in [-0.1, -0.05) is 6.07 Å². The highest BCUT2D eigenvalue weighted by Crippen LogP contribution is 2.10. The van der Waals surface area contributed by atoms with Crippen molar-refractivity contribution in [1.82, 2.24) is 19.9 Å². The fourth-order valence-electron chi connectivity index (χ4n) is 1.88. The maximum atomic E-state index is 12.2. The van der Waals surface area contributed by atoms with Crippen molar-refractivity contribution in [1.29, 1.82) is 0 Å². The van der Waals surface area contributed by atoms with Crippen LogP contribution in [-0.4, -0.2) is 54.4 Å². The minimum absolute atomic E-state index is 0.243. The van der Waals surface area contributed by atoms with Crippen LogP contribution in [0.25, 0.3) is 5.65 Å². The Labute approximate surface area is 122 Å². The van der Waals surface area contributed by atoms with Crippen molar-refractivity contribution < 1.29 is 17.9 Å². The summed E-state index contributed by atoms with van der Waals surface area (Å²) in [5.74, 6) is -1.29. The maximum absolute atomic E-state index is 12.2. The number of carbonyl (C=O) groups is 1. The lowest BCUT2D eigenvalue weighted by atomic mass is 10.3. The minimum Gasteiger partial charge on any atom is -0.383 e. The van der Waals surface area contributed by atoms with Crippen LogP contribution < -0.4 is 5.32 Å². The van der Waals surface area contributed by atoms with Gasteiger partial charge in [0.1, 0.15) is 5.75 Å². The normalized spacial score (nSPS) is 13.2.